The summed E-state index contributed by atoms with van der Waals surface area (Å²) in [6, 6.07) is 35.6. The number of benzene rings is 6. The summed E-state index contributed by atoms with van der Waals surface area (Å²) in [5.41, 5.74) is 6.94. The van der Waals surface area contributed by atoms with Crippen molar-refractivity contribution >= 4 is 56.4 Å². The molecule has 16 rings (SSSR count). The molecule has 6 aromatic carbocycles. The number of amides is 3. The lowest BCUT2D eigenvalue weighted by Gasteiger charge is -2.34. The maximum Gasteiger partial charge on any atom is 0.394 e. The lowest BCUT2D eigenvalue weighted by atomic mass is 10.0. The normalized spacial score (nSPS) is 16.7. The first-order valence-corrected chi connectivity index (χ1v) is 38.3. The number of ether oxygens (including phenoxy) is 10. The van der Waals surface area contributed by atoms with E-state index in [4.69, 9.17) is 62.7 Å². The fourth-order valence-corrected chi connectivity index (χ4v) is 15.1. The Morgan fingerprint density at radius 2 is 0.812 bits per heavy atom. The van der Waals surface area contributed by atoms with Gasteiger partial charge in [-0.1, -0.05) is 38.6 Å². The quantitative estimate of drug-likeness (QED) is 0.0516. The van der Waals surface area contributed by atoms with Gasteiger partial charge in [-0.3, -0.25) is 43.4 Å². The first-order valence-electron chi connectivity index (χ1n) is 38.3. The predicted molar refractivity (Wildman–Crippen MR) is 428 cm³/mol. The number of aliphatic carboxylic acids is 1. The Labute approximate surface area is 671 Å². The Kier molecular flexibility index (Phi) is 24.8. The molecule has 117 heavy (non-hydrogen) atoms. The van der Waals surface area contributed by atoms with Crippen molar-refractivity contribution in [2.75, 3.05) is 88.0 Å². The molecule has 0 saturated carbocycles. The van der Waals surface area contributed by atoms with Crippen LogP contribution in [0.25, 0.3) is 66.5 Å². The van der Waals surface area contributed by atoms with E-state index in [2.05, 4.69) is 21.5 Å². The van der Waals surface area contributed by atoms with Crippen molar-refractivity contribution in [2.45, 2.75) is 83.0 Å². The lowest BCUT2D eigenvalue weighted by molar-refractivity contribution is -0.156. The van der Waals surface area contributed by atoms with Crippen molar-refractivity contribution < 1.29 is 84.8 Å². The van der Waals surface area contributed by atoms with Crippen LogP contribution >= 0.6 is 0 Å². The molecule has 4 saturated heterocycles. The summed E-state index contributed by atoms with van der Waals surface area (Å²) in [5, 5.41) is 26.6. The summed E-state index contributed by atoms with van der Waals surface area (Å²) in [7, 11) is 7.37. The highest BCUT2D eigenvalue weighted by Crippen LogP contribution is 2.43. The fourth-order valence-electron chi connectivity index (χ4n) is 15.1. The van der Waals surface area contributed by atoms with Crippen molar-refractivity contribution in [3.05, 3.63) is 195 Å². The zero-order chi connectivity index (χ0) is 82.0. The summed E-state index contributed by atoms with van der Waals surface area (Å²) in [6.45, 7) is 11.9. The van der Waals surface area contributed by atoms with Crippen molar-refractivity contribution in [3.8, 4) is 103 Å². The first kappa shape index (κ1) is 80.4. The van der Waals surface area contributed by atoms with Crippen molar-refractivity contribution in [3.63, 3.8) is 0 Å². The van der Waals surface area contributed by atoms with Crippen LogP contribution in [0.4, 0.5) is 13.2 Å². The number of carboxylic acids is 1. The molecule has 10 heterocycles. The molecule has 0 radical (unpaired) electrons. The van der Waals surface area contributed by atoms with Crippen LogP contribution in [-0.2, 0) is 23.9 Å². The second-order valence-electron chi connectivity index (χ2n) is 28.6. The first-order chi connectivity index (χ1) is 56.9. The number of carbonyl (C=O) groups is 4. The minimum atomic E-state index is -1.48. The molecule has 1 N–H and O–H groups in total. The highest BCUT2D eigenvalue weighted by Gasteiger charge is 2.35. The molecule has 4 fully saturated rings. The Balaban J connectivity index is 0.000000145. The molecule has 4 aliphatic heterocycles. The molecule has 3 unspecified atom stereocenters. The van der Waals surface area contributed by atoms with Gasteiger partial charge in [0.1, 0.15) is 57.0 Å². The second-order valence-corrected chi connectivity index (χ2v) is 28.6. The van der Waals surface area contributed by atoms with Gasteiger partial charge in [0.05, 0.1) is 102 Å². The average molecular weight is 1600 g/mol. The number of fused-ring (bicyclic) bond motifs is 3. The molecule has 0 aliphatic carbocycles. The van der Waals surface area contributed by atoms with Crippen LogP contribution in [0.15, 0.2) is 177 Å². The molecule has 3 amide bonds. The van der Waals surface area contributed by atoms with E-state index in [1.165, 1.54) is 50.5 Å². The van der Waals surface area contributed by atoms with Gasteiger partial charge in [-0.15, -0.1) is 0 Å². The van der Waals surface area contributed by atoms with Gasteiger partial charge >= 0.3 is 11.9 Å². The summed E-state index contributed by atoms with van der Waals surface area (Å²) in [5.74, 6) is -0.432. The largest absolute Gasteiger partial charge is 0.494 e. The number of hydrogen-bond acceptors (Lipinski definition) is 20. The van der Waals surface area contributed by atoms with E-state index < -0.39 is 29.3 Å². The van der Waals surface area contributed by atoms with Gasteiger partial charge in [-0.05, 0) is 154 Å². The van der Waals surface area contributed by atoms with E-state index in [1.807, 2.05) is 57.3 Å². The maximum atomic E-state index is 14.6. The Bertz CT molecular complexity index is 5600. The fraction of sp³-hybridized carbons (Fsp3) is 0.310. The number of methoxy groups -OCH3 is 5. The van der Waals surface area contributed by atoms with Crippen LogP contribution in [0.5, 0.6) is 69.0 Å². The van der Waals surface area contributed by atoms with Gasteiger partial charge in [0.2, 0.25) is 29.3 Å². The number of carboxylic acid groups (broad SMARTS) is 1. The Morgan fingerprint density at radius 1 is 0.462 bits per heavy atom. The van der Waals surface area contributed by atoms with E-state index in [0.717, 1.165) is 93.9 Å². The van der Waals surface area contributed by atoms with Crippen LogP contribution in [0.1, 0.15) is 76.9 Å². The molecule has 6 aromatic heterocycles. The molecular formula is C87H87F3N12O15. The lowest BCUT2D eigenvalue weighted by Crippen LogP contribution is -2.44. The number of nitrogens with zero attached hydrogens (tertiary/aromatic N) is 12. The monoisotopic (exact) mass is 1600 g/mol. The number of hydrogen-bond donors (Lipinski definition) is 1. The van der Waals surface area contributed by atoms with Crippen LogP contribution in [-0.4, -0.2) is 182 Å². The SMILES string of the molecule is C=CC(=O)N1CCC[C@@H](n2nc(-c3ccc(Oc4cccc(OC)c4F)cc3)c3cncc(OC4CCOC4)c32)C1.COc1cccc(Oc2ccc(-c3nn(C4CCCN(C(=O)C(=O)O)C4)c4c(OC)cncc34)cc2)c1F.COc1cccc(Oc2ccc(-c3nn(C4CCCN(C(=O)C(C)C)C4)c4c(OC)cncc34)cc2)c1F. The summed E-state index contributed by atoms with van der Waals surface area (Å²) in [4.78, 5) is 66.8. The van der Waals surface area contributed by atoms with Gasteiger partial charge in [-0.2, -0.15) is 28.5 Å². The van der Waals surface area contributed by atoms with Gasteiger partial charge in [-0.25, -0.2) is 4.79 Å². The van der Waals surface area contributed by atoms with Gasteiger partial charge in [0, 0.05) is 86.9 Å². The highest BCUT2D eigenvalue weighted by atomic mass is 19.1. The van der Waals surface area contributed by atoms with E-state index in [-0.39, 0.29) is 83.0 Å². The zero-order valence-corrected chi connectivity index (χ0v) is 65.5. The molecule has 12 aromatic rings. The second kappa shape index (κ2) is 36.1. The molecule has 0 spiro atoms. The van der Waals surface area contributed by atoms with Gasteiger partial charge in [0.25, 0.3) is 0 Å². The number of piperidine rings is 3. The number of likely N-dealkylation sites (tertiary alicyclic amines) is 3. The van der Waals surface area contributed by atoms with Crippen molar-refractivity contribution in [2.24, 2.45) is 5.92 Å². The molecule has 27 nitrogen and oxygen atoms in total. The van der Waals surface area contributed by atoms with E-state index in [0.29, 0.717) is 97.9 Å². The van der Waals surface area contributed by atoms with Crippen LogP contribution in [0.3, 0.4) is 0 Å². The molecule has 4 atom stereocenters. The minimum absolute atomic E-state index is 0.0117. The zero-order valence-electron chi connectivity index (χ0n) is 65.5. The van der Waals surface area contributed by atoms with E-state index in [1.54, 1.807) is 141 Å². The van der Waals surface area contributed by atoms with Crippen molar-refractivity contribution in [1.82, 2.24) is 59.0 Å². The summed E-state index contributed by atoms with van der Waals surface area (Å²) >= 11 is 0. The third-order valence-electron chi connectivity index (χ3n) is 20.8. The molecule has 30 heteroatoms. The van der Waals surface area contributed by atoms with Crippen LogP contribution in [0, 0.1) is 23.4 Å². The predicted octanol–water partition coefficient (Wildman–Crippen LogP) is 15.7. The molecule has 4 aliphatic rings. The van der Waals surface area contributed by atoms with Gasteiger partial charge < -0.3 is 67.2 Å². The van der Waals surface area contributed by atoms with Crippen molar-refractivity contribution in [1.29, 1.82) is 0 Å². The number of halogens is 3. The molecule has 606 valence electrons. The smallest absolute Gasteiger partial charge is 0.394 e. The standard InChI is InChI=1S/C31H31FN4O5.C29H31FN4O4.C27H25FN4O6/c1-3-28(37)35-14-5-6-21(18-35)36-31-24(16-33-17-27(31)41-23-13-15-39-19-23)30(34-36)20-9-11-22(12-10-20)40-26-8-4-7-25(38-2)29(26)32;1-18(2)29(35)33-14-6-7-20(17-33)34-28-22(15-31-16-25(28)37-4)27(32-34)19-10-12-21(13-11-19)38-24-9-5-8-23(36-3)26(24)30;1-36-20-6-3-7-21(23(20)28)38-18-10-8-16(9-11-18)24-19-13-29-14-22(37-2)25(19)32(30-24)17-5-4-12-31(15-17)26(33)27(34)35/h3-4,7-12,16-17,21,23H,1,5-6,13-15,18-19H2,2H3;5,8-13,15-16,18,20H,6-7,14,17H2,1-4H3;3,6-11,13-14,17H,4-5,12,15H2,1-2H3,(H,34,35)/t21-,23?;;/m1../s1. The molecule has 0 bridgehead atoms. The average Bonchev–Trinajstić information content (AvgIpc) is 1.62. The van der Waals surface area contributed by atoms with Gasteiger partial charge in [0.15, 0.2) is 51.7 Å². The minimum Gasteiger partial charge on any atom is -0.494 e. The van der Waals surface area contributed by atoms with Crippen LogP contribution in [0.2, 0.25) is 0 Å². The third kappa shape index (κ3) is 17.3. The Morgan fingerprint density at radius 3 is 1.17 bits per heavy atom. The van der Waals surface area contributed by atoms with E-state index >= 15 is 0 Å². The summed E-state index contributed by atoms with van der Waals surface area (Å²) in [6.07, 6.45) is 17.2. The number of aromatic nitrogens is 9. The van der Waals surface area contributed by atoms with Crippen LogP contribution < -0.4 is 42.6 Å². The number of rotatable bonds is 21. The summed E-state index contributed by atoms with van der Waals surface area (Å²) < 4.78 is 105. The number of pyridine rings is 3. The number of carbonyl (C=O) groups excluding carboxylic acids is 3. The Hall–Kier alpha value is -13.3. The molecular weight excluding hydrogens is 1510 g/mol. The third-order valence-corrected chi connectivity index (χ3v) is 20.8. The highest BCUT2D eigenvalue weighted by molar-refractivity contribution is 6.31. The maximum absolute atomic E-state index is 14.6. The van der Waals surface area contributed by atoms with E-state index in [9.17, 15) is 37.5 Å². The topological polar surface area (TPSA) is 283 Å².